The summed E-state index contributed by atoms with van der Waals surface area (Å²) in [6, 6.07) is 0. The summed E-state index contributed by atoms with van der Waals surface area (Å²) in [5.74, 6) is -1.72. The predicted octanol–water partition coefficient (Wildman–Crippen LogP) is 0.903. The quantitative estimate of drug-likeness (QED) is 0.536. The molecular weight excluding hydrogens is 408 g/mol. The van der Waals surface area contributed by atoms with Crippen molar-refractivity contribution in [1.82, 2.24) is 0 Å². The van der Waals surface area contributed by atoms with Crippen molar-refractivity contribution < 1.29 is 42.8 Å². The van der Waals surface area contributed by atoms with Crippen molar-refractivity contribution in [2.24, 2.45) is 23.7 Å². The van der Waals surface area contributed by atoms with Crippen LogP contribution in [0.1, 0.15) is 6.42 Å². The first-order chi connectivity index (χ1) is 7.15. The second-order valence-electron chi connectivity index (χ2n) is 4.67. The summed E-state index contributed by atoms with van der Waals surface area (Å²) in [5.41, 5.74) is 0. The van der Waals surface area contributed by atoms with Gasteiger partial charge in [-0.15, -0.1) is 0 Å². The minimum absolute atomic E-state index is 0.0118. The Bertz CT molecular complexity index is 347. The monoisotopic (exact) mass is 418 g/mol. The SMILES string of the molecule is O=C1O[C@H]2[C@@H]3C[C@H]([C@@H]2[Hg][Cl])[C@H](C(=O)O)[C@H]13. The number of carbonyl (C=O) groups excluding carboxylic acids is 1. The fourth-order valence-electron chi connectivity index (χ4n) is 3.73. The van der Waals surface area contributed by atoms with Gasteiger partial charge in [0.2, 0.25) is 0 Å². The van der Waals surface area contributed by atoms with Crippen LogP contribution in [0.25, 0.3) is 0 Å². The minimum atomic E-state index is -1.55. The molecule has 6 heteroatoms. The van der Waals surface area contributed by atoms with Gasteiger partial charge >= 0.3 is 103 Å². The second kappa shape index (κ2) is 3.33. The molecule has 1 N–H and O–H groups in total. The molecule has 0 amide bonds. The maximum absolute atomic E-state index is 11.6. The summed E-state index contributed by atoms with van der Waals surface area (Å²) in [5, 5.41) is 9.16. The van der Waals surface area contributed by atoms with E-state index in [2.05, 4.69) is 0 Å². The third kappa shape index (κ3) is 1.18. The second-order valence-corrected chi connectivity index (χ2v) is 12.2. The van der Waals surface area contributed by atoms with Crippen molar-refractivity contribution in [2.75, 3.05) is 0 Å². The fraction of sp³-hybridized carbons (Fsp3) is 0.778. The molecule has 0 unspecified atom stereocenters. The Morgan fingerprint density at radius 2 is 2.27 bits per heavy atom. The number of esters is 1. The first-order valence-electron chi connectivity index (χ1n) is 5.14. The zero-order valence-electron chi connectivity index (χ0n) is 7.93. The molecule has 1 aliphatic heterocycles. The summed E-state index contributed by atoms with van der Waals surface area (Å²) in [6.45, 7) is 0. The van der Waals surface area contributed by atoms with Gasteiger partial charge in [0.05, 0.1) is 0 Å². The van der Waals surface area contributed by atoms with Crippen molar-refractivity contribution >= 4 is 20.2 Å². The number of aliphatic carboxylic acids is 1. The van der Waals surface area contributed by atoms with E-state index in [1.54, 1.807) is 0 Å². The van der Waals surface area contributed by atoms with Crippen LogP contribution >= 0.6 is 8.25 Å². The number of rotatable bonds is 2. The molecule has 2 aliphatic carbocycles. The third-order valence-electron chi connectivity index (χ3n) is 4.24. The van der Waals surface area contributed by atoms with Crippen LogP contribution in [0.3, 0.4) is 0 Å². The van der Waals surface area contributed by atoms with Gasteiger partial charge in [0, 0.05) is 0 Å². The van der Waals surface area contributed by atoms with Crippen LogP contribution in [0.2, 0.25) is 3.43 Å². The van der Waals surface area contributed by atoms with E-state index in [1.165, 1.54) is 0 Å². The molecule has 0 spiro atoms. The average Bonchev–Trinajstić information content (AvgIpc) is 2.75. The molecule has 0 aromatic carbocycles. The van der Waals surface area contributed by atoms with Crippen molar-refractivity contribution in [3.8, 4) is 0 Å². The maximum atomic E-state index is 11.6. The molecule has 0 aromatic heterocycles. The van der Waals surface area contributed by atoms with Gasteiger partial charge in [-0.3, -0.25) is 0 Å². The van der Waals surface area contributed by atoms with Crippen molar-refractivity contribution in [3.63, 3.8) is 0 Å². The molecule has 2 bridgehead atoms. The number of hydrogen-bond acceptors (Lipinski definition) is 3. The number of carbonyl (C=O) groups is 2. The van der Waals surface area contributed by atoms with Crippen LogP contribution in [0.4, 0.5) is 0 Å². The summed E-state index contributed by atoms with van der Waals surface area (Å²) in [6.07, 6.45) is 0.831. The Morgan fingerprint density at radius 3 is 2.87 bits per heavy atom. The Kier molecular flexibility index (Phi) is 2.29. The zero-order valence-corrected chi connectivity index (χ0v) is 14.2. The van der Waals surface area contributed by atoms with Crippen molar-refractivity contribution in [3.05, 3.63) is 0 Å². The van der Waals surface area contributed by atoms with Crippen LogP contribution in [0, 0.1) is 23.7 Å². The summed E-state index contributed by atoms with van der Waals surface area (Å²) < 4.78 is 5.56. The number of carboxylic acid groups (broad SMARTS) is 1. The molecular formula is C9H9ClHgO4. The molecule has 0 radical (unpaired) electrons. The Balaban J connectivity index is 2.01. The normalized spacial score (nSPS) is 50.3. The number of ether oxygens (including phenoxy) is 1. The van der Waals surface area contributed by atoms with Crippen LogP contribution in [-0.4, -0.2) is 23.1 Å². The molecule has 15 heavy (non-hydrogen) atoms. The molecule has 3 fully saturated rings. The Labute approximate surface area is 102 Å². The first-order valence-corrected chi connectivity index (χ1v) is 15.1. The van der Waals surface area contributed by atoms with Gasteiger partial charge in [-0.1, -0.05) is 0 Å². The zero-order chi connectivity index (χ0) is 10.7. The molecule has 0 aromatic rings. The molecule has 78 valence electrons. The Morgan fingerprint density at radius 1 is 1.53 bits per heavy atom. The first kappa shape index (κ1) is 10.3. The third-order valence-corrected chi connectivity index (χ3v) is 12.9. The van der Waals surface area contributed by atoms with E-state index < -0.39 is 35.2 Å². The van der Waals surface area contributed by atoms with E-state index in [1.807, 2.05) is 0 Å². The molecule has 6 atom stereocenters. The van der Waals surface area contributed by atoms with Crippen molar-refractivity contribution in [2.45, 2.75) is 16.0 Å². The van der Waals surface area contributed by atoms with E-state index in [9.17, 15) is 9.59 Å². The van der Waals surface area contributed by atoms with E-state index in [0.717, 1.165) is 6.42 Å². The molecule has 2 saturated carbocycles. The van der Waals surface area contributed by atoms with Gasteiger partial charge in [-0.05, 0) is 0 Å². The summed E-state index contributed by atoms with van der Waals surface area (Å²) in [7, 11) is 6.05. The molecule has 4 nitrogen and oxygen atoms in total. The number of fused-ring (bicyclic) bond motifs is 1. The van der Waals surface area contributed by atoms with E-state index in [4.69, 9.17) is 18.1 Å². The van der Waals surface area contributed by atoms with Gasteiger partial charge in [-0.2, -0.15) is 0 Å². The van der Waals surface area contributed by atoms with E-state index in [0.29, 0.717) is 0 Å². The van der Waals surface area contributed by atoms with Crippen LogP contribution < -0.4 is 0 Å². The number of hydrogen-bond donors (Lipinski definition) is 1. The van der Waals surface area contributed by atoms with Crippen LogP contribution in [-0.2, 0) is 37.7 Å². The molecule has 1 saturated heterocycles. The van der Waals surface area contributed by atoms with Crippen LogP contribution in [0.5, 0.6) is 0 Å². The molecule has 3 aliphatic rings. The number of halogens is 1. The van der Waals surface area contributed by atoms with Gasteiger partial charge in [0.25, 0.3) is 0 Å². The molecule has 3 rings (SSSR count). The van der Waals surface area contributed by atoms with Crippen molar-refractivity contribution in [1.29, 1.82) is 0 Å². The average molecular weight is 417 g/mol. The summed E-state index contributed by atoms with van der Waals surface area (Å²) in [4.78, 5) is 22.7. The predicted molar refractivity (Wildman–Crippen MR) is 45.7 cm³/mol. The van der Waals surface area contributed by atoms with E-state index in [-0.39, 0.29) is 33.3 Å². The van der Waals surface area contributed by atoms with Gasteiger partial charge < -0.3 is 0 Å². The standard InChI is InChI=1S/C9H9O4.ClH.Hg/c10-8(11)6-3-1-4-5(2-3)13-9(12)7(4)6;;/h2-7H,1H2,(H,10,11);1H;/q;;+1/p-1/t3-,4+,5-,6+,7-;;/m1../s1. The fourth-order valence-corrected chi connectivity index (χ4v) is 12.5. The van der Waals surface area contributed by atoms with Gasteiger partial charge in [-0.25, -0.2) is 0 Å². The number of carboxylic acids is 1. The Hall–Kier alpha value is 0.165. The van der Waals surface area contributed by atoms with E-state index >= 15 is 0 Å². The van der Waals surface area contributed by atoms with Crippen LogP contribution in [0.15, 0.2) is 0 Å². The molecule has 1 heterocycles. The summed E-state index contributed by atoms with van der Waals surface area (Å²) >= 11 is -1.55. The topological polar surface area (TPSA) is 63.6 Å². The van der Waals surface area contributed by atoms with Gasteiger partial charge in [0.15, 0.2) is 0 Å². The van der Waals surface area contributed by atoms with Gasteiger partial charge in [0.1, 0.15) is 0 Å².